The minimum Gasteiger partial charge on any atom is -0.351 e. The first-order valence-corrected chi connectivity index (χ1v) is 14.4. The van der Waals surface area contributed by atoms with Gasteiger partial charge in [-0.1, -0.05) is 48.4 Å². The van der Waals surface area contributed by atoms with E-state index in [0.29, 0.717) is 18.7 Å². The van der Waals surface area contributed by atoms with Crippen LogP contribution in [0.1, 0.15) is 42.4 Å². The molecule has 1 atom stereocenters. The number of sulfonamides is 1. The van der Waals surface area contributed by atoms with Gasteiger partial charge in [-0.05, 0) is 74.5 Å². The van der Waals surface area contributed by atoms with E-state index in [4.69, 9.17) is 0 Å². The topological polar surface area (TPSA) is 78.5 Å². The van der Waals surface area contributed by atoms with Crippen LogP contribution in [-0.4, -0.2) is 50.4 Å². The van der Waals surface area contributed by atoms with Crippen LogP contribution in [0.2, 0.25) is 0 Å². The first-order valence-electron chi connectivity index (χ1n) is 11.5. The molecular weight excluding hydrogens is 454 g/mol. The van der Waals surface area contributed by atoms with Crippen molar-refractivity contribution in [1.82, 2.24) is 14.9 Å². The van der Waals surface area contributed by atoms with Crippen molar-refractivity contribution in [2.45, 2.75) is 56.6 Å². The second kappa shape index (κ2) is 12.6. The predicted molar refractivity (Wildman–Crippen MR) is 136 cm³/mol. The summed E-state index contributed by atoms with van der Waals surface area (Å²) in [5.74, 6) is 0.382. The number of amides is 1. The zero-order valence-electron chi connectivity index (χ0n) is 19.5. The first kappa shape index (κ1) is 25.7. The number of carbonyl (C=O) groups is 1. The van der Waals surface area contributed by atoms with Crippen molar-refractivity contribution in [3.63, 3.8) is 0 Å². The number of benzene rings is 2. The van der Waals surface area contributed by atoms with E-state index in [1.165, 1.54) is 24.8 Å². The number of rotatable bonds is 11. The van der Waals surface area contributed by atoms with E-state index in [0.717, 1.165) is 30.8 Å². The van der Waals surface area contributed by atoms with Gasteiger partial charge in [0, 0.05) is 13.1 Å². The first-order chi connectivity index (χ1) is 15.9. The summed E-state index contributed by atoms with van der Waals surface area (Å²) in [5, 5.41) is 2.98. The molecule has 0 radical (unpaired) electrons. The van der Waals surface area contributed by atoms with Crippen molar-refractivity contribution < 1.29 is 13.2 Å². The third-order valence-corrected chi connectivity index (χ3v) is 8.10. The lowest BCUT2D eigenvalue weighted by Gasteiger charge is -2.27. The van der Waals surface area contributed by atoms with Crippen molar-refractivity contribution in [1.29, 1.82) is 0 Å². The van der Waals surface area contributed by atoms with Gasteiger partial charge in [-0.3, -0.25) is 9.69 Å². The highest BCUT2D eigenvalue weighted by atomic mass is 32.2. The fourth-order valence-electron chi connectivity index (χ4n) is 4.00. The molecule has 180 valence electrons. The van der Waals surface area contributed by atoms with E-state index >= 15 is 0 Å². The fraction of sp³-hybridized carbons (Fsp3) is 0.480. The maximum absolute atomic E-state index is 13.0. The molecule has 2 N–H and O–H groups in total. The van der Waals surface area contributed by atoms with Crippen LogP contribution in [0.3, 0.4) is 0 Å². The van der Waals surface area contributed by atoms with E-state index in [9.17, 15) is 13.2 Å². The van der Waals surface area contributed by atoms with Crippen LogP contribution >= 0.6 is 11.8 Å². The number of hydrogen-bond acceptors (Lipinski definition) is 5. The Kier molecular flexibility index (Phi) is 9.79. The molecule has 1 saturated heterocycles. The molecule has 2 aromatic carbocycles. The SMILES string of the molecule is CSCCC(NS(=O)(=O)c1ccc(C)cc1)C(=O)NCc1ccccc1CN1CCCCC1. The number of nitrogens with zero attached hydrogens (tertiary/aromatic N) is 1. The summed E-state index contributed by atoms with van der Waals surface area (Å²) in [6.45, 7) is 5.38. The smallest absolute Gasteiger partial charge is 0.241 e. The number of thioether (sulfide) groups is 1. The van der Waals surface area contributed by atoms with Gasteiger partial charge in [-0.25, -0.2) is 8.42 Å². The average molecular weight is 490 g/mol. The summed E-state index contributed by atoms with van der Waals surface area (Å²) in [4.78, 5) is 15.7. The summed E-state index contributed by atoms with van der Waals surface area (Å²) < 4.78 is 28.4. The molecule has 1 unspecified atom stereocenters. The molecule has 1 aliphatic rings. The molecule has 0 bridgehead atoms. The van der Waals surface area contributed by atoms with E-state index in [1.54, 1.807) is 36.0 Å². The lowest BCUT2D eigenvalue weighted by molar-refractivity contribution is -0.122. The number of aryl methyl sites for hydroxylation is 1. The molecule has 0 aromatic heterocycles. The molecule has 1 amide bonds. The second-order valence-corrected chi connectivity index (χ2v) is 11.3. The molecule has 1 heterocycles. The zero-order chi connectivity index (χ0) is 23.7. The summed E-state index contributed by atoms with van der Waals surface area (Å²) in [7, 11) is -3.79. The molecule has 2 aromatic rings. The molecule has 0 saturated carbocycles. The summed E-state index contributed by atoms with van der Waals surface area (Å²) >= 11 is 1.59. The molecule has 0 aliphatic carbocycles. The third kappa shape index (κ3) is 7.84. The number of carbonyl (C=O) groups excluding carboxylic acids is 1. The molecule has 33 heavy (non-hydrogen) atoms. The maximum atomic E-state index is 13.0. The fourth-order valence-corrected chi connectivity index (χ4v) is 5.70. The molecule has 1 aliphatic heterocycles. The Morgan fingerprint density at radius 2 is 1.70 bits per heavy atom. The highest BCUT2D eigenvalue weighted by Gasteiger charge is 2.25. The van der Waals surface area contributed by atoms with Crippen LogP contribution in [0, 0.1) is 6.92 Å². The molecule has 3 rings (SSSR count). The van der Waals surface area contributed by atoms with E-state index in [-0.39, 0.29) is 10.8 Å². The summed E-state index contributed by atoms with van der Waals surface area (Å²) in [6.07, 6.45) is 6.13. The predicted octanol–water partition coefficient (Wildman–Crippen LogP) is 3.70. The van der Waals surface area contributed by atoms with Gasteiger partial charge >= 0.3 is 0 Å². The van der Waals surface area contributed by atoms with Gasteiger partial charge in [-0.15, -0.1) is 0 Å². The quantitative estimate of drug-likeness (QED) is 0.503. The highest BCUT2D eigenvalue weighted by Crippen LogP contribution is 2.17. The molecular formula is C25H35N3O3S2. The van der Waals surface area contributed by atoms with E-state index in [2.05, 4.69) is 21.0 Å². The Morgan fingerprint density at radius 3 is 2.36 bits per heavy atom. The Bertz CT molecular complexity index is 1000. The zero-order valence-corrected chi connectivity index (χ0v) is 21.2. The lowest BCUT2D eigenvalue weighted by atomic mass is 10.0. The number of likely N-dealkylation sites (tertiary alicyclic amines) is 1. The van der Waals surface area contributed by atoms with Gasteiger partial charge in [-0.2, -0.15) is 16.5 Å². The van der Waals surface area contributed by atoms with Crippen LogP contribution in [0.5, 0.6) is 0 Å². The highest BCUT2D eigenvalue weighted by molar-refractivity contribution is 7.98. The van der Waals surface area contributed by atoms with Gasteiger partial charge in [0.15, 0.2) is 0 Å². The Morgan fingerprint density at radius 1 is 1.03 bits per heavy atom. The van der Waals surface area contributed by atoms with E-state index < -0.39 is 16.1 Å². The van der Waals surface area contributed by atoms with Crippen molar-refractivity contribution in [2.75, 3.05) is 25.1 Å². The molecule has 6 nitrogen and oxygen atoms in total. The van der Waals surface area contributed by atoms with Gasteiger partial charge in [0.1, 0.15) is 6.04 Å². The summed E-state index contributed by atoms with van der Waals surface area (Å²) in [5.41, 5.74) is 3.26. The van der Waals surface area contributed by atoms with Crippen LogP contribution in [0.25, 0.3) is 0 Å². The van der Waals surface area contributed by atoms with Crippen molar-refractivity contribution in [3.05, 3.63) is 65.2 Å². The van der Waals surface area contributed by atoms with E-state index in [1.807, 2.05) is 31.4 Å². The Hall–Kier alpha value is -1.87. The second-order valence-electron chi connectivity index (χ2n) is 8.59. The summed E-state index contributed by atoms with van der Waals surface area (Å²) in [6, 6.07) is 14.0. The average Bonchev–Trinajstić information content (AvgIpc) is 2.82. The third-order valence-electron chi connectivity index (χ3n) is 5.97. The van der Waals surface area contributed by atoms with Crippen LogP contribution in [0.15, 0.2) is 53.4 Å². The molecule has 0 spiro atoms. The Balaban J connectivity index is 1.66. The normalized spacial score (nSPS) is 15.8. The molecule has 1 fully saturated rings. The van der Waals surface area contributed by atoms with Crippen LogP contribution in [0.4, 0.5) is 0 Å². The van der Waals surface area contributed by atoms with Gasteiger partial charge < -0.3 is 5.32 Å². The standard InChI is InChI=1S/C25H35N3O3S2/c1-20-10-12-23(13-11-20)33(30,31)27-24(14-17-32-2)25(29)26-18-21-8-4-5-9-22(21)19-28-15-6-3-7-16-28/h4-5,8-13,24,27H,3,6-7,14-19H2,1-2H3,(H,26,29). The van der Waals surface area contributed by atoms with Crippen molar-refractivity contribution in [2.24, 2.45) is 0 Å². The van der Waals surface area contributed by atoms with Gasteiger partial charge in [0.05, 0.1) is 4.90 Å². The Labute approximate surface area is 202 Å². The van der Waals surface area contributed by atoms with Crippen LogP contribution in [-0.2, 0) is 27.9 Å². The number of nitrogens with one attached hydrogen (secondary N) is 2. The van der Waals surface area contributed by atoms with Gasteiger partial charge in [0.2, 0.25) is 15.9 Å². The minimum atomic E-state index is -3.79. The van der Waals surface area contributed by atoms with Crippen molar-refractivity contribution in [3.8, 4) is 0 Å². The minimum absolute atomic E-state index is 0.168. The van der Waals surface area contributed by atoms with Gasteiger partial charge in [0.25, 0.3) is 0 Å². The number of piperidine rings is 1. The number of hydrogen-bond donors (Lipinski definition) is 2. The largest absolute Gasteiger partial charge is 0.351 e. The lowest BCUT2D eigenvalue weighted by Crippen LogP contribution is -2.46. The monoisotopic (exact) mass is 489 g/mol. The maximum Gasteiger partial charge on any atom is 0.241 e. The van der Waals surface area contributed by atoms with Crippen LogP contribution < -0.4 is 10.0 Å². The molecule has 8 heteroatoms. The van der Waals surface area contributed by atoms with Crippen molar-refractivity contribution >= 4 is 27.7 Å².